The number of amides is 1. The van der Waals surface area contributed by atoms with Crippen LogP contribution in [0.15, 0.2) is 28.9 Å². The van der Waals surface area contributed by atoms with E-state index < -0.39 is 0 Å². The van der Waals surface area contributed by atoms with Crippen LogP contribution in [0.4, 0.5) is 5.82 Å². The van der Waals surface area contributed by atoms with E-state index in [4.69, 9.17) is 4.52 Å². The van der Waals surface area contributed by atoms with Crippen molar-refractivity contribution in [3.8, 4) is 0 Å². The highest BCUT2D eigenvalue weighted by Gasteiger charge is 2.38. The van der Waals surface area contributed by atoms with Gasteiger partial charge in [0.05, 0.1) is 0 Å². The van der Waals surface area contributed by atoms with Gasteiger partial charge in [-0.1, -0.05) is 25.1 Å². The first-order valence-electron chi connectivity index (χ1n) is 11.8. The Kier molecular flexibility index (Phi) is 5.69. The van der Waals surface area contributed by atoms with Crippen LogP contribution in [0.5, 0.6) is 0 Å². The average molecular weight is 424 g/mol. The largest absolute Gasteiger partial charge is 0.370 e. The number of pyridine rings is 1. The molecule has 3 fully saturated rings. The van der Waals surface area contributed by atoms with Crippen molar-refractivity contribution in [2.45, 2.75) is 82.3 Å². The van der Waals surface area contributed by atoms with Crippen LogP contribution in [0.1, 0.15) is 86.0 Å². The van der Waals surface area contributed by atoms with Gasteiger partial charge >= 0.3 is 0 Å². The van der Waals surface area contributed by atoms with Crippen molar-refractivity contribution in [1.29, 1.82) is 0 Å². The van der Waals surface area contributed by atoms with Crippen LogP contribution in [0.3, 0.4) is 0 Å². The summed E-state index contributed by atoms with van der Waals surface area (Å²) in [6.45, 7) is 5.36. The first-order valence-corrected chi connectivity index (χ1v) is 11.8. The lowest BCUT2D eigenvalue weighted by molar-refractivity contribution is 0.0894. The number of piperidine rings is 2. The van der Waals surface area contributed by atoms with E-state index in [0.717, 1.165) is 56.6 Å². The van der Waals surface area contributed by atoms with Crippen molar-refractivity contribution < 1.29 is 9.32 Å². The smallest absolute Gasteiger partial charge is 0.273 e. The maximum Gasteiger partial charge on any atom is 0.273 e. The molecule has 1 aliphatic carbocycles. The molecule has 2 unspecified atom stereocenters. The summed E-state index contributed by atoms with van der Waals surface area (Å²) in [5.41, 5.74) is 1.75. The van der Waals surface area contributed by atoms with Gasteiger partial charge in [-0.05, 0) is 62.0 Å². The van der Waals surface area contributed by atoms with Gasteiger partial charge in [-0.25, -0.2) is 4.98 Å². The summed E-state index contributed by atoms with van der Waals surface area (Å²) in [5.74, 6) is 3.32. The maximum atomic E-state index is 12.7. The quantitative estimate of drug-likeness (QED) is 0.627. The van der Waals surface area contributed by atoms with Gasteiger partial charge in [0, 0.05) is 42.9 Å². The molecule has 0 aromatic carbocycles. The molecule has 1 saturated carbocycles. The van der Waals surface area contributed by atoms with E-state index in [2.05, 4.69) is 46.0 Å². The molecule has 3 N–H and O–H groups in total. The molecule has 2 saturated heterocycles. The molecule has 2 atom stereocenters. The average Bonchev–Trinajstić information content (AvgIpc) is 3.48. The molecule has 166 valence electrons. The molecular weight excluding hydrogens is 390 g/mol. The van der Waals surface area contributed by atoms with E-state index in [1.54, 1.807) is 0 Å². The SMILES string of the molecule is CC(C)CNc1ncccc1C1CC2CC(NC(=O)c3cc(C4CC4)on3)CC(C1)N2. The van der Waals surface area contributed by atoms with Crippen LogP contribution in [0.25, 0.3) is 0 Å². The summed E-state index contributed by atoms with van der Waals surface area (Å²) < 4.78 is 5.35. The number of rotatable bonds is 7. The van der Waals surface area contributed by atoms with Gasteiger partial charge in [-0.3, -0.25) is 4.79 Å². The van der Waals surface area contributed by atoms with E-state index in [9.17, 15) is 4.79 Å². The van der Waals surface area contributed by atoms with Gasteiger partial charge in [0.25, 0.3) is 5.91 Å². The number of carbonyl (C=O) groups is 1. The van der Waals surface area contributed by atoms with Gasteiger partial charge in [0.2, 0.25) is 0 Å². The van der Waals surface area contributed by atoms with Crippen molar-refractivity contribution in [2.24, 2.45) is 5.92 Å². The normalized spacial score (nSPS) is 27.8. The highest BCUT2D eigenvalue weighted by Crippen LogP contribution is 2.40. The molecule has 2 bridgehead atoms. The minimum absolute atomic E-state index is 0.107. The van der Waals surface area contributed by atoms with E-state index >= 15 is 0 Å². The number of hydrogen-bond acceptors (Lipinski definition) is 6. The van der Waals surface area contributed by atoms with Crippen LogP contribution in [-0.2, 0) is 0 Å². The molecule has 2 aliphatic heterocycles. The van der Waals surface area contributed by atoms with Crippen molar-refractivity contribution >= 4 is 11.7 Å². The van der Waals surface area contributed by atoms with Crippen molar-refractivity contribution in [2.75, 3.05) is 11.9 Å². The highest BCUT2D eigenvalue weighted by molar-refractivity contribution is 5.92. The first kappa shape index (κ1) is 20.5. The minimum Gasteiger partial charge on any atom is -0.370 e. The number of anilines is 1. The number of nitrogens with zero attached hydrogens (tertiary/aromatic N) is 2. The molecule has 3 aliphatic rings. The zero-order chi connectivity index (χ0) is 21.4. The lowest BCUT2D eigenvalue weighted by Gasteiger charge is -2.44. The van der Waals surface area contributed by atoms with E-state index in [1.165, 1.54) is 5.56 Å². The second-order valence-electron chi connectivity index (χ2n) is 9.98. The summed E-state index contributed by atoms with van der Waals surface area (Å²) in [6.07, 6.45) is 8.18. The molecule has 0 radical (unpaired) electrons. The molecule has 7 nitrogen and oxygen atoms in total. The Bertz CT molecular complexity index is 908. The van der Waals surface area contributed by atoms with E-state index in [1.807, 2.05) is 18.3 Å². The van der Waals surface area contributed by atoms with Gasteiger partial charge in [-0.2, -0.15) is 0 Å². The highest BCUT2D eigenvalue weighted by atomic mass is 16.5. The van der Waals surface area contributed by atoms with Gasteiger partial charge in [0.15, 0.2) is 5.69 Å². The maximum absolute atomic E-state index is 12.7. The third kappa shape index (κ3) is 4.76. The fourth-order valence-corrected chi connectivity index (χ4v) is 5.15. The van der Waals surface area contributed by atoms with Crippen LogP contribution >= 0.6 is 0 Å². The fourth-order valence-electron chi connectivity index (χ4n) is 5.15. The lowest BCUT2D eigenvalue weighted by Crippen LogP contribution is -2.56. The summed E-state index contributed by atoms with van der Waals surface area (Å²) in [4.78, 5) is 17.3. The molecule has 0 spiro atoms. The first-order chi connectivity index (χ1) is 15.0. The zero-order valence-corrected chi connectivity index (χ0v) is 18.4. The number of nitrogens with one attached hydrogen (secondary N) is 3. The van der Waals surface area contributed by atoms with Gasteiger partial charge in [0.1, 0.15) is 11.6 Å². The monoisotopic (exact) mass is 423 g/mol. The molecule has 7 heteroatoms. The second-order valence-corrected chi connectivity index (χ2v) is 9.98. The van der Waals surface area contributed by atoms with E-state index in [0.29, 0.717) is 35.5 Å². The summed E-state index contributed by atoms with van der Waals surface area (Å²) >= 11 is 0. The third-order valence-corrected chi connectivity index (χ3v) is 6.78. The predicted octanol–water partition coefficient (Wildman–Crippen LogP) is 3.81. The second kappa shape index (κ2) is 8.61. The Labute approximate surface area is 183 Å². The number of fused-ring (bicyclic) bond motifs is 2. The van der Waals surface area contributed by atoms with Crippen molar-refractivity contribution in [1.82, 2.24) is 20.8 Å². The topological polar surface area (TPSA) is 92.1 Å². The Hall–Kier alpha value is -2.41. The van der Waals surface area contributed by atoms with Gasteiger partial charge in [-0.15, -0.1) is 0 Å². The van der Waals surface area contributed by atoms with Crippen molar-refractivity contribution in [3.63, 3.8) is 0 Å². The van der Waals surface area contributed by atoms with E-state index in [-0.39, 0.29) is 11.9 Å². The Morgan fingerprint density at radius 3 is 2.68 bits per heavy atom. The molecule has 31 heavy (non-hydrogen) atoms. The minimum atomic E-state index is -0.107. The predicted molar refractivity (Wildman–Crippen MR) is 119 cm³/mol. The summed E-state index contributed by atoms with van der Waals surface area (Å²) in [7, 11) is 0. The Morgan fingerprint density at radius 1 is 1.19 bits per heavy atom. The van der Waals surface area contributed by atoms with Crippen LogP contribution in [-0.4, -0.2) is 40.7 Å². The molecule has 2 aromatic heterocycles. The third-order valence-electron chi connectivity index (χ3n) is 6.78. The van der Waals surface area contributed by atoms with Crippen LogP contribution in [0, 0.1) is 5.92 Å². The number of aromatic nitrogens is 2. The van der Waals surface area contributed by atoms with Gasteiger partial charge < -0.3 is 20.5 Å². The Balaban J connectivity index is 1.20. The lowest BCUT2D eigenvalue weighted by atomic mass is 9.75. The fraction of sp³-hybridized carbons (Fsp3) is 0.625. The van der Waals surface area contributed by atoms with Crippen LogP contribution in [0.2, 0.25) is 0 Å². The van der Waals surface area contributed by atoms with Crippen molar-refractivity contribution in [3.05, 3.63) is 41.4 Å². The molecule has 4 heterocycles. The summed E-state index contributed by atoms with van der Waals surface area (Å²) in [5, 5.41) is 14.5. The number of carbonyl (C=O) groups excluding carboxylic acids is 1. The number of hydrogen-bond donors (Lipinski definition) is 3. The Morgan fingerprint density at radius 2 is 1.97 bits per heavy atom. The molecule has 2 aromatic rings. The molecule has 1 amide bonds. The standard InChI is InChI=1S/C24H33N5O2/c1-14(2)13-26-23-20(4-3-7-25-23)16-8-17-10-19(11-18(9-16)27-17)28-24(30)21-12-22(31-29-21)15-5-6-15/h3-4,7,12,14-19,27H,5-6,8-11,13H2,1-2H3,(H,25,26)(H,28,30). The molecule has 5 rings (SSSR count). The molecular formula is C24H33N5O2. The summed E-state index contributed by atoms with van der Waals surface area (Å²) in [6, 6.07) is 7.07. The zero-order valence-electron chi connectivity index (χ0n) is 18.4. The van der Waals surface area contributed by atoms with Crippen LogP contribution < -0.4 is 16.0 Å².